The Labute approximate surface area is 122 Å². The van der Waals surface area contributed by atoms with Gasteiger partial charge in [0.2, 0.25) is 0 Å². The Morgan fingerprint density at radius 3 is 2.38 bits per heavy atom. The van der Waals surface area contributed by atoms with Crippen molar-refractivity contribution in [2.24, 2.45) is 5.41 Å². The first-order valence-electron chi connectivity index (χ1n) is 6.51. The number of carbonyl (C=O) groups is 2. The van der Waals surface area contributed by atoms with Gasteiger partial charge in [-0.05, 0) is 34.6 Å². The summed E-state index contributed by atoms with van der Waals surface area (Å²) in [6.45, 7) is 7.57. The van der Waals surface area contributed by atoms with Crippen LogP contribution in [0, 0.1) is 29.4 Å². The molecule has 21 heavy (non-hydrogen) atoms. The summed E-state index contributed by atoms with van der Waals surface area (Å²) in [5, 5.41) is 14.9. The fourth-order valence-electron chi connectivity index (χ4n) is 1.86. The van der Waals surface area contributed by atoms with Crippen LogP contribution in [0.3, 0.4) is 0 Å². The van der Waals surface area contributed by atoms with Crippen molar-refractivity contribution >= 4 is 17.4 Å². The highest BCUT2D eigenvalue weighted by atomic mass is 16.6. The highest BCUT2D eigenvalue weighted by molar-refractivity contribution is 6.02. The van der Waals surface area contributed by atoms with Crippen LogP contribution in [0.1, 0.15) is 32.2 Å². The zero-order valence-electron chi connectivity index (χ0n) is 12.8. The molecule has 0 aliphatic carbocycles. The van der Waals surface area contributed by atoms with Crippen molar-refractivity contribution in [1.82, 2.24) is 9.78 Å². The molecule has 8 heteroatoms. The van der Waals surface area contributed by atoms with Gasteiger partial charge >= 0.3 is 11.7 Å². The van der Waals surface area contributed by atoms with Gasteiger partial charge in [-0.3, -0.25) is 24.4 Å². The van der Waals surface area contributed by atoms with Gasteiger partial charge in [0.15, 0.2) is 5.78 Å². The first-order chi connectivity index (χ1) is 9.62. The zero-order chi connectivity index (χ0) is 16.4. The van der Waals surface area contributed by atoms with Crippen molar-refractivity contribution in [3.8, 4) is 0 Å². The molecule has 116 valence electrons. The highest BCUT2D eigenvalue weighted by Gasteiger charge is 2.38. The number of rotatable bonds is 6. The van der Waals surface area contributed by atoms with Gasteiger partial charge in [-0.2, -0.15) is 5.10 Å². The molecule has 1 heterocycles. The Bertz CT molecular complexity index is 589. The van der Waals surface area contributed by atoms with Crippen LogP contribution in [0.4, 0.5) is 5.69 Å². The lowest BCUT2D eigenvalue weighted by atomic mass is 9.88. The van der Waals surface area contributed by atoms with Crippen molar-refractivity contribution in [3.05, 3.63) is 21.5 Å². The Morgan fingerprint density at radius 2 is 1.95 bits per heavy atom. The van der Waals surface area contributed by atoms with E-state index in [4.69, 9.17) is 4.74 Å². The van der Waals surface area contributed by atoms with Crippen molar-refractivity contribution < 1.29 is 19.2 Å². The summed E-state index contributed by atoms with van der Waals surface area (Å²) in [5.74, 6) is -1.03. The fraction of sp³-hybridized carbons (Fsp3) is 0.615. The summed E-state index contributed by atoms with van der Waals surface area (Å²) in [5.41, 5.74) is -0.918. The minimum absolute atomic E-state index is 0.114. The molecular formula is C13H19N3O5. The molecule has 0 saturated heterocycles. The van der Waals surface area contributed by atoms with Gasteiger partial charge in [0.25, 0.3) is 0 Å². The number of ketones is 1. The lowest BCUT2D eigenvalue weighted by Gasteiger charge is -2.20. The van der Waals surface area contributed by atoms with Crippen LogP contribution < -0.4 is 0 Å². The fourth-order valence-corrected chi connectivity index (χ4v) is 1.86. The minimum atomic E-state index is -1.32. The van der Waals surface area contributed by atoms with Crippen LogP contribution in [0.5, 0.6) is 0 Å². The van der Waals surface area contributed by atoms with Gasteiger partial charge in [0.1, 0.15) is 23.3 Å². The molecule has 0 aliphatic heterocycles. The number of hydrogen-bond donors (Lipinski definition) is 0. The third-order valence-electron chi connectivity index (χ3n) is 3.30. The van der Waals surface area contributed by atoms with Gasteiger partial charge < -0.3 is 4.74 Å². The van der Waals surface area contributed by atoms with Crippen molar-refractivity contribution in [2.45, 2.75) is 41.2 Å². The van der Waals surface area contributed by atoms with E-state index in [9.17, 15) is 19.7 Å². The van der Waals surface area contributed by atoms with Gasteiger partial charge in [0.05, 0.1) is 11.5 Å². The van der Waals surface area contributed by atoms with Gasteiger partial charge in [-0.25, -0.2) is 0 Å². The Balaban J connectivity index is 3.02. The molecule has 0 radical (unpaired) electrons. The molecule has 1 aromatic rings. The molecule has 0 bridgehead atoms. The maximum atomic E-state index is 12.3. The normalized spacial score (nSPS) is 11.3. The maximum absolute atomic E-state index is 12.3. The summed E-state index contributed by atoms with van der Waals surface area (Å²) in [4.78, 5) is 34.4. The van der Waals surface area contributed by atoms with Crippen LogP contribution >= 0.6 is 0 Å². The number of aromatic nitrogens is 2. The van der Waals surface area contributed by atoms with E-state index in [-0.39, 0.29) is 30.2 Å². The predicted molar refractivity (Wildman–Crippen MR) is 73.8 cm³/mol. The predicted octanol–water partition coefficient (Wildman–Crippen LogP) is 1.57. The van der Waals surface area contributed by atoms with E-state index in [1.807, 2.05) is 0 Å². The maximum Gasteiger partial charge on any atom is 0.319 e. The van der Waals surface area contributed by atoms with Crippen LogP contribution in [0.2, 0.25) is 0 Å². The molecule has 0 unspecified atom stereocenters. The number of nitrogens with zero attached hydrogens (tertiary/aromatic N) is 3. The van der Waals surface area contributed by atoms with Gasteiger partial charge in [-0.1, -0.05) is 0 Å². The van der Waals surface area contributed by atoms with E-state index < -0.39 is 22.1 Å². The van der Waals surface area contributed by atoms with Gasteiger partial charge in [0, 0.05) is 0 Å². The van der Waals surface area contributed by atoms with E-state index in [1.54, 1.807) is 6.92 Å². The largest absolute Gasteiger partial charge is 0.465 e. The summed E-state index contributed by atoms with van der Waals surface area (Å²) in [7, 11) is 0. The number of Topliss-reactive ketones (excluding diaryl/α,β-unsaturated/α-hetero) is 1. The molecule has 0 amide bonds. The van der Waals surface area contributed by atoms with E-state index in [0.717, 1.165) is 0 Å². The van der Waals surface area contributed by atoms with Crippen molar-refractivity contribution in [3.63, 3.8) is 0 Å². The van der Waals surface area contributed by atoms with Crippen molar-refractivity contribution in [2.75, 3.05) is 6.61 Å². The topological polar surface area (TPSA) is 104 Å². The average Bonchev–Trinajstić information content (AvgIpc) is 2.64. The number of ether oxygens (including phenoxy) is 1. The molecule has 0 spiro atoms. The first-order valence-corrected chi connectivity index (χ1v) is 6.51. The first kappa shape index (κ1) is 16.8. The molecule has 8 nitrogen and oxygen atoms in total. The summed E-state index contributed by atoms with van der Waals surface area (Å²) < 4.78 is 6.11. The van der Waals surface area contributed by atoms with E-state index in [1.165, 1.54) is 32.4 Å². The molecule has 0 N–H and O–H groups in total. The third-order valence-corrected chi connectivity index (χ3v) is 3.30. The van der Waals surface area contributed by atoms with Crippen LogP contribution in [0.15, 0.2) is 0 Å². The second-order valence-electron chi connectivity index (χ2n) is 5.20. The summed E-state index contributed by atoms with van der Waals surface area (Å²) in [6, 6.07) is 0. The second kappa shape index (κ2) is 6.02. The third kappa shape index (κ3) is 3.26. The lowest BCUT2D eigenvalue weighted by Crippen LogP contribution is -2.37. The molecular weight excluding hydrogens is 278 g/mol. The monoisotopic (exact) mass is 297 g/mol. The lowest BCUT2D eigenvalue weighted by molar-refractivity contribution is -0.386. The van der Waals surface area contributed by atoms with Gasteiger partial charge in [-0.15, -0.1) is 0 Å². The van der Waals surface area contributed by atoms with E-state index in [0.29, 0.717) is 0 Å². The number of hydrogen-bond acceptors (Lipinski definition) is 6. The second-order valence-corrected chi connectivity index (χ2v) is 5.20. The van der Waals surface area contributed by atoms with Crippen LogP contribution in [0.25, 0.3) is 0 Å². The zero-order valence-corrected chi connectivity index (χ0v) is 12.8. The SMILES string of the molecule is CCOC(=O)C(C)(C)C(=O)Cn1nc(C)c([N+](=O)[O-])c1C. The van der Waals surface area contributed by atoms with Crippen LogP contribution in [-0.2, 0) is 20.9 Å². The number of aryl methyl sites for hydroxylation is 1. The van der Waals surface area contributed by atoms with Crippen LogP contribution in [-0.4, -0.2) is 33.1 Å². The molecule has 0 saturated carbocycles. The molecule has 0 aliphatic rings. The highest BCUT2D eigenvalue weighted by Crippen LogP contribution is 2.24. The Hall–Kier alpha value is -2.25. The summed E-state index contributed by atoms with van der Waals surface area (Å²) >= 11 is 0. The molecule has 1 rings (SSSR count). The molecule has 0 atom stereocenters. The Morgan fingerprint density at radius 1 is 1.38 bits per heavy atom. The number of nitro groups is 1. The van der Waals surface area contributed by atoms with E-state index in [2.05, 4.69) is 5.10 Å². The molecule has 1 aromatic heterocycles. The Kier molecular flexibility index (Phi) is 4.82. The molecule has 0 aromatic carbocycles. The standard InChI is InChI=1S/C13H19N3O5/c1-6-21-12(18)13(4,5)10(17)7-15-9(3)11(16(19)20)8(2)14-15/h6-7H2,1-5H3. The summed E-state index contributed by atoms with van der Waals surface area (Å²) in [6.07, 6.45) is 0. The smallest absolute Gasteiger partial charge is 0.319 e. The van der Waals surface area contributed by atoms with E-state index >= 15 is 0 Å². The quantitative estimate of drug-likeness (QED) is 0.341. The van der Waals surface area contributed by atoms with Crippen molar-refractivity contribution in [1.29, 1.82) is 0 Å². The molecule has 0 fully saturated rings. The minimum Gasteiger partial charge on any atom is -0.465 e. The number of esters is 1. The average molecular weight is 297 g/mol. The number of carbonyl (C=O) groups excluding carboxylic acids is 2.